The van der Waals surface area contributed by atoms with Gasteiger partial charge in [0.15, 0.2) is 0 Å². The predicted octanol–water partition coefficient (Wildman–Crippen LogP) is 3.80. The zero-order chi connectivity index (χ0) is 24.5. The van der Waals surface area contributed by atoms with E-state index in [-0.39, 0.29) is 35.7 Å². The minimum Gasteiger partial charge on any atom is -0.312 e. The van der Waals surface area contributed by atoms with Gasteiger partial charge in [-0.2, -0.15) is 9.78 Å². The van der Waals surface area contributed by atoms with E-state index in [1.165, 1.54) is 22.1 Å². The smallest absolute Gasteiger partial charge is 0.252 e. The molecule has 9 nitrogen and oxygen atoms in total. The lowest BCUT2D eigenvalue weighted by molar-refractivity contribution is -0.122. The van der Waals surface area contributed by atoms with Crippen LogP contribution in [0.1, 0.15) is 31.9 Å². The average molecular weight is 489 g/mol. The second-order valence-corrected chi connectivity index (χ2v) is 9.63. The van der Waals surface area contributed by atoms with Gasteiger partial charge in [-0.05, 0) is 29.5 Å². The molecule has 2 amide bonds. The zero-order valence-corrected chi connectivity index (χ0v) is 20.1. The Hall–Kier alpha value is -4.05. The monoisotopic (exact) mass is 488 g/mol. The van der Waals surface area contributed by atoms with E-state index in [0.717, 1.165) is 10.6 Å². The number of thiophene rings is 1. The van der Waals surface area contributed by atoms with Crippen LogP contribution >= 0.6 is 11.3 Å². The molecule has 1 unspecified atom stereocenters. The molecule has 0 radical (unpaired) electrons. The number of carbonyl (C=O) groups is 2. The highest BCUT2D eigenvalue weighted by molar-refractivity contribution is 7.13. The summed E-state index contributed by atoms with van der Waals surface area (Å²) in [5, 5.41) is 9.48. The van der Waals surface area contributed by atoms with Crippen LogP contribution in [0.5, 0.6) is 0 Å². The van der Waals surface area contributed by atoms with Crippen LogP contribution in [0.2, 0.25) is 0 Å². The van der Waals surface area contributed by atoms with E-state index in [1.54, 1.807) is 11.0 Å². The van der Waals surface area contributed by atoms with E-state index in [4.69, 9.17) is 0 Å². The zero-order valence-electron chi connectivity index (χ0n) is 19.3. The summed E-state index contributed by atoms with van der Waals surface area (Å²) >= 11 is 1.51. The first-order valence-electron chi connectivity index (χ1n) is 11.3. The maximum absolute atomic E-state index is 13.2. The number of anilines is 2. The van der Waals surface area contributed by atoms with E-state index < -0.39 is 5.92 Å². The van der Waals surface area contributed by atoms with Gasteiger partial charge in [0, 0.05) is 30.8 Å². The molecule has 4 aromatic rings. The van der Waals surface area contributed by atoms with Gasteiger partial charge < -0.3 is 10.2 Å². The van der Waals surface area contributed by atoms with E-state index in [9.17, 15) is 14.4 Å². The first kappa shape index (κ1) is 22.7. The topological polar surface area (TPSA) is 113 Å². The van der Waals surface area contributed by atoms with Crippen molar-refractivity contribution in [2.45, 2.75) is 26.2 Å². The molecule has 5 rings (SSSR count). The number of hydrogen-bond acceptors (Lipinski definition) is 6. The summed E-state index contributed by atoms with van der Waals surface area (Å²) in [7, 11) is 0. The number of rotatable bonds is 6. The third-order valence-corrected chi connectivity index (χ3v) is 6.73. The van der Waals surface area contributed by atoms with Crippen LogP contribution in [0.25, 0.3) is 16.5 Å². The Morgan fingerprint density at radius 3 is 2.66 bits per heavy atom. The molecule has 1 aliphatic rings. The lowest BCUT2D eigenvalue weighted by atomic mass is 10.1. The van der Waals surface area contributed by atoms with E-state index >= 15 is 0 Å². The van der Waals surface area contributed by atoms with Gasteiger partial charge in [-0.15, -0.1) is 11.3 Å². The number of nitrogens with one attached hydrogen (secondary N) is 2. The molecule has 4 heterocycles. The van der Waals surface area contributed by atoms with Crippen LogP contribution in [-0.2, 0) is 9.59 Å². The molecular weight excluding hydrogens is 464 g/mol. The number of carbonyl (C=O) groups excluding carboxylic acids is 2. The maximum Gasteiger partial charge on any atom is 0.252 e. The molecule has 0 bridgehead atoms. The van der Waals surface area contributed by atoms with Crippen LogP contribution in [0.4, 0.5) is 11.5 Å². The largest absolute Gasteiger partial charge is 0.312 e. The summed E-state index contributed by atoms with van der Waals surface area (Å²) in [5.41, 5.74) is 1.73. The molecule has 35 heavy (non-hydrogen) atoms. The summed E-state index contributed by atoms with van der Waals surface area (Å²) < 4.78 is 1.44. The normalized spacial score (nSPS) is 15.7. The summed E-state index contributed by atoms with van der Waals surface area (Å²) in [6, 6.07) is 16.4. The Balaban J connectivity index is 1.46. The van der Waals surface area contributed by atoms with E-state index in [0.29, 0.717) is 23.8 Å². The Kier molecular flexibility index (Phi) is 6.04. The Bertz CT molecular complexity index is 1430. The van der Waals surface area contributed by atoms with Gasteiger partial charge in [-0.1, -0.05) is 38.1 Å². The number of nitrogens with zero attached hydrogens (tertiary/aromatic N) is 4. The van der Waals surface area contributed by atoms with Crippen LogP contribution in [0.3, 0.4) is 0 Å². The van der Waals surface area contributed by atoms with Gasteiger partial charge in [-0.3, -0.25) is 19.4 Å². The quantitative estimate of drug-likeness (QED) is 0.429. The minimum atomic E-state index is -0.523. The molecule has 178 valence electrons. The SMILES string of the molecule is CC(C)c1cc(=O)[nH]c(-n2nc(-c3cccs3)cc2NC(=O)C2CC(=O)N(c3ccccc3)C2)n1. The number of aromatic nitrogens is 4. The molecule has 0 saturated carbocycles. The second kappa shape index (κ2) is 9.30. The molecule has 1 saturated heterocycles. The van der Waals surface area contributed by atoms with E-state index in [1.807, 2.05) is 61.7 Å². The molecule has 1 atom stereocenters. The van der Waals surface area contributed by atoms with Crippen molar-refractivity contribution in [2.75, 3.05) is 16.8 Å². The van der Waals surface area contributed by atoms with Crippen molar-refractivity contribution in [1.29, 1.82) is 0 Å². The molecule has 3 aromatic heterocycles. The van der Waals surface area contributed by atoms with Gasteiger partial charge in [0.25, 0.3) is 5.56 Å². The number of benzene rings is 1. The first-order chi connectivity index (χ1) is 16.9. The Morgan fingerprint density at radius 1 is 1.14 bits per heavy atom. The van der Waals surface area contributed by atoms with Gasteiger partial charge in [0.2, 0.25) is 17.8 Å². The lowest BCUT2D eigenvalue weighted by Crippen LogP contribution is -2.28. The van der Waals surface area contributed by atoms with Gasteiger partial charge in [0.05, 0.1) is 16.5 Å². The highest BCUT2D eigenvalue weighted by atomic mass is 32.1. The molecule has 1 aromatic carbocycles. The standard InChI is InChI=1S/C25H24N6O3S/c1-15(2)18-13-22(32)28-25(26-18)31-21(12-19(29-31)20-9-6-10-35-20)27-24(34)16-11-23(33)30(14-16)17-7-4-3-5-8-17/h3-10,12-13,15-16H,11,14H2,1-2H3,(H,27,34)(H,26,28,32). The fourth-order valence-corrected chi connectivity index (χ4v) is 4.69. The fourth-order valence-electron chi connectivity index (χ4n) is 4.00. The second-order valence-electron chi connectivity index (χ2n) is 8.68. The van der Waals surface area contributed by atoms with Crippen LogP contribution in [-0.4, -0.2) is 38.1 Å². The first-order valence-corrected chi connectivity index (χ1v) is 12.2. The summed E-state index contributed by atoms with van der Waals surface area (Å²) in [5.74, 6) is -0.293. The van der Waals surface area contributed by atoms with Crippen LogP contribution in [0, 0.1) is 5.92 Å². The molecule has 0 aliphatic carbocycles. The van der Waals surface area contributed by atoms with E-state index in [2.05, 4.69) is 20.4 Å². The van der Waals surface area contributed by atoms with Crippen molar-refractivity contribution in [2.24, 2.45) is 5.92 Å². The Labute approximate surface area is 205 Å². The number of hydrogen-bond donors (Lipinski definition) is 2. The van der Waals surface area contributed by atoms with Crippen molar-refractivity contribution in [3.63, 3.8) is 0 Å². The summed E-state index contributed by atoms with van der Waals surface area (Å²) in [4.78, 5) is 48.0. The highest BCUT2D eigenvalue weighted by Gasteiger charge is 2.35. The maximum atomic E-state index is 13.2. The fraction of sp³-hybridized carbons (Fsp3) is 0.240. The minimum absolute atomic E-state index is 0.0369. The van der Waals surface area contributed by atoms with Crippen molar-refractivity contribution in [3.05, 3.63) is 76.0 Å². The van der Waals surface area contributed by atoms with Crippen molar-refractivity contribution in [1.82, 2.24) is 19.7 Å². The average Bonchev–Trinajstić information content (AvgIpc) is 3.59. The summed E-state index contributed by atoms with van der Waals surface area (Å²) in [6.07, 6.45) is 0.116. The van der Waals surface area contributed by atoms with Gasteiger partial charge in [-0.25, -0.2) is 4.98 Å². The molecule has 0 spiro atoms. The summed E-state index contributed by atoms with van der Waals surface area (Å²) in [6.45, 7) is 4.19. The molecular formula is C25H24N6O3S. The third-order valence-electron chi connectivity index (χ3n) is 5.84. The number of aromatic amines is 1. The third kappa shape index (κ3) is 4.65. The molecule has 1 aliphatic heterocycles. The van der Waals surface area contributed by atoms with Crippen molar-refractivity contribution >= 4 is 34.7 Å². The number of para-hydroxylation sites is 1. The molecule has 1 fully saturated rings. The van der Waals surface area contributed by atoms with Gasteiger partial charge >= 0.3 is 0 Å². The highest BCUT2D eigenvalue weighted by Crippen LogP contribution is 2.29. The number of amides is 2. The van der Waals surface area contributed by atoms with Crippen molar-refractivity contribution < 1.29 is 9.59 Å². The van der Waals surface area contributed by atoms with Gasteiger partial charge in [0.1, 0.15) is 11.5 Å². The predicted molar refractivity (Wildman–Crippen MR) is 135 cm³/mol. The lowest BCUT2D eigenvalue weighted by Gasteiger charge is -2.16. The Morgan fingerprint density at radius 2 is 1.94 bits per heavy atom. The number of H-pyrrole nitrogens is 1. The van der Waals surface area contributed by atoms with Crippen LogP contribution in [0.15, 0.2) is 64.8 Å². The van der Waals surface area contributed by atoms with Crippen molar-refractivity contribution in [3.8, 4) is 16.5 Å². The van der Waals surface area contributed by atoms with Crippen LogP contribution < -0.4 is 15.8 Å². The molecule has 10 heteroatoms. The molecule has 2 N–H and O–H groups in total.